The van der Waals surface area contributed by atoms with Crippen LogP contribution in [0.15, 0.2) is 18.7 Å². The lowest BCUT2D eigenvalue weighted by atomic mass is 10.4. The fourth-order valence-corrected chi connectivity index (χ4v) is 1.31. The van der Waals surface area contributed by atoms with Gasteiger partial charge in [-0.3, -0.25) is 4.57 Å². The highest BCUT2D eigenvalue weighted by Gasteiger charge is 2.05. The number of imidazole rings is 1. The number of terminal acetylenes is 1. The van der Waals surface area contributed by atoms with Crippen LogP contribution in [0.2, 0.25) is 5.28 Å². The van der Waals surface area contributed by atoms with Gasteiger partial charge in [0.15, 0.2) is 0 Å². The summed E-state index contributed by atoms with van der Waals surface area (Å²) in [7, 11) is 0. The molecule has 0 fully saturated rings. The predicted molar refractivity (Wildman–Crippen MR) is 63.9 cm³/mol. The highest BCUT2D eigenvalue weighted by Crippen LogP contribution is 2.09. The molecule has 86 valence electrons. The van der Waals surface area contributed by atoms with E-state index in [4.69, 9.17) is 18.0 Å². The fourth-order valence-electron chi connectivity index (χ4n) is 1.16. The zero-order chi connectivity index (χ0) is 12.1. The number of hydrogen-bond donors (Lipinski definition) is 1. The van der Waals surface area contributed by atoms with E-state index in [1.807, 2.05) is 0 Å². The first-order valence-corrected chi connectivity index (χ1v) is 5.24. The lowest BCUT2D eigenvalue weighted by Crippen LogP contribution is -2.09. The monoisotopic (exact) mass is 248 g/mol. The summed E-state index contributed by atoms with van der Waals surface area (Å²) < 4.78 is 1.64. The zero-order valence-corrected chi connectivity index (χ0v) is 9.59. The Morgan fingerprint density at radius 1 is 1.41 bits per heavy atom. The van der Waals surface area contributed by atoms with Gasteiger partial charge in [-0.1, -0.05) is 0 Å². The van der Waals surface area contributed by atoms with Crippen molar-refractivity contribution in [2.75, 3.05) is 11.9 Å². The first-order valence-electron chi connectivity index (χ1n) is 4.87. The second kappa shape index (κ2) is 5.27. The molecule has 0 radical (unpaired) electrons. The first kappa shape index (κ1) is 11.4. The Hall–Kier alpha value is -2.13. The van der Waals surface area contributed by atoms with Gasteiger partial charge in [-0.15, -0.1) is 12.3 Å². The number of anilines is 1. The molecule has 7 heteroatoms. The molecule has 2 aromatic heterocycles. The molecular weight excluding hydrogens is 240 g/mol. The van der Waals surface area contributed by atoms with Crippen molar-refractivity contribution in [3.05, 3.63) is 24.0 Å². The van der Waals surface area contributed by atoms with Crippen LogP contribution in [-0.4, -0.2) is 31.0 Å². The normalized spacial score (nSPS) is 9.88. The average molecular weight is 249 g/mol. The minimum Gasteiger partial charge on any atom is -0.353 e. The van der Waals surface area contributed by atoms with E-state index in [9.17, 15) is 0 Å². The fraction of sp³-hybridized carbons (Fsp3) is 0.200. The molecule has 0 saturated carbocycles. The Bertz CT molecular complexity index is 530. The van der Waals surface area contributed by atoms with Crippen LogP contribution in [0.4, 0.5) is 5.95 Å². The molecule has 0 atom stereocenters. The van der Waals surface area contributed by atoms with E-state index in [1.165, 1.54) is 0 Å². The van der Waals surface area contributed by atoms with Gasteiger partial charge in [0, 0.05) is 25.4 Å². The van der Waals surface area contributed by atoms with E-state index >= 15 is 0 Å². The van der Waals surface area contributed by atoms with E-state index in [-0.39, 0.29) is 5.28 Å². The van der Waals surface area contributed by atoms with Crippen LogP contribution in [0.3, 0.4) is 0 Å². The van der Waals surface area contributed by atoms with Gasteiger partial charge in [0.25, 0.3) is 0 Å². The molecule has 0 saturated heterocycles. The third kappa shape index (κ3) is 2.92. The summed E-state index contributed by atoms with van der Waals surface area (Å²) in [5.41, 5.74) is 0. The number of aromatic nitrogens is 5. The second-order valence-corrected chi connectivity index (χ2v) is 3.42. The third-order valence-corrected chi connectivity index (χ3v) is 2.05. The van der Waals surface area contributed by atoms with Crippen molar-refractivity contribution in [3.63, 3.8) is 0 Å². The Kier molecular flexibility index (Phi) is 3.52. The number of halogens is 1. The van der Waals surface area contributed by atoms with Gasteiger partial charge in [-0.25, -0.2) is 4.98 Å². The van der Waals surface area contributed by atoms with E-state index in [0.29, 0.717) is 24.9 Å². The van der Waals surface area contributed by atoms with E-state index in [1.54, 1.807) is 23.3 Å². The van der Waals surface area contributed by atoms with Crippen LogP contribution in [0, 0.1) is 12.3 Å². The molecule has 1 N–H and O–H groups in total. The average Bonchev–Trinajstić information content (AvgIpc) is 2.82. The van der Waals surface area contributed by atoms with Gasteiger partial charge >= 0.3 is 0 Å². The SMILES string of the molecule is C#CCCNc1nc(Cl)nc(-n2ccnc2)n1. The lowest BCUT2D eigenvalue weighted by molar-refractivity contribution is 0.888. The van der Waals surface area contributed by atoms with Crippen LogP contribution >= 0.6 is 11.6 Å². The van der Waals surface area contributed by atoms with Crippen LogP contribution in [0.25, 0.3) is 5.95 Å². The van der Waals surface area contributed by atoms with Crippen molar-refractivity contribution in [1.29, 1.82) is 0 Å². The number of nitrogens with zero attached hydrogens (tertiary/aromatic N) is 5. The highest BCUT2D eigenvalue weighted by atomic mass is 35.5. The molecule has 0 amide bonds. The largest absolute Gasteiger partial charge is 0.353 e. The molecule has 0 aliphatic rings. The summed E-state index contributed by atoms with van der Waals surface area (Å²) in [5.74, 6) is 3.31. The maximum absolute atomic E-state index is 5.80. The Morgan fingerprint density at radius 2 is 2.29 bits per heavy atom. The summed E-state index contributed by atoms with van der Waals surface area (Å²) in [4.78, 5) is 16.0. The first-order chi connectivity index (χ1) is 8.29. The molecular formula is C10H9ClN6. The molecule has 2 rings (SSSR count). The molecule has 17 heavy (non-hydrogen) atoms. The van der Waals surface area contributed by atoms with Gasteiger partial charge in [0.05, 0.1) is 0 Å². The van der Waals surface area contributed by atoms with Crippen LogP contribution in [0.5, 0.6) is 0 Å². The van der Waals surface area contributed by atoms with Gasteiger partial charge in [-0.2, -0.15) is 15.0 Å². The Morgan fingerprint density at radius 3 is 3.00 bits per heavy atom. The summed E-state index contributed by atoms with van der Waals surface area (Å²) in [5, 5.41) is 3.08. The summed E-state index contributed by atoms with van der Waals surface area (Å²) in [6.07, 6.45) is 10.7. The minimum absolute atomic E-state index is 0.118. The summed E-state index contributed by atoms with van der Waals surface area (Å²) >= 11 is 5.80. The Labute approximate surface area is 103 Å². The molecule has 2 heterocycles. The maximum Gasteiger partial charge on any atom is 0.241 e. The number of rotatable bonds is 4. The lowest BCUT2D eigenvalue weighted by Gasteiger charge is -2.05. The van der Waals surface area contributed by atoms with Crippen molar-refractivity contribution in [2.45, 2.75) is 6.42 Å². The van der Waals surface area contributed by atoms with Crippen LogP contribution < -0.4 is 5.32 Å². The van der Waals surface area contributed by atoms with E-state index in [0.717, 1.165) is 0 Å². The molecule has 0 bridgehead atoms. The summed E-state index contributed by atoms with van der Waals surface area (Å²) in [6, 6.07) is 0. The summed E-state index contributed by atoms with van der Waals surface area (Å²) in [6.45, 7) is 0.584. The van der Waals surface area contributed by atoms with Gasteiger partial charge in [0.2, 0.25) is 17.2 Å². The molecule has 2 aromatic rings. The Balaban J connectivity index is 2.21. The minimum atomic E-state index is 0.118. The topological polar surface area (TPSA) is 68.5 Å². The molecule has 0 aliphatic heterocycles. The van der Waals surface area contributed by atoms with Crippen LogP contribution in [0.1, 0.15) is 6.42 Å². The van der Waals surface area contributed by atoms with Crippen molar-refractivity contribution < 1.29 is 0 Å². The predicted octanol–water partition coefficient (Wildman–Crippen LogP) is 1.15. The zero-order valence-electron chi connectivity index (χ0n) is 8.84. The van der Waals surface area contributed by atoms with Crippen molar-refractivity contribution in [1.82, 2.24) is 24.5 Å². The highest BCUT2D eigenvalue weighted by molar-refractivity contribution is 6.28. The van der Waals surface area contributed by atoms with Crippen molar-refractivity contribution in [2.24, 2.45) is 0 Å². The number of hydrogen-bond acceptors (Lipinski definition) is 5. The van der Waals surface area contributed by atoms with Crippen LogP contribution in [-0.2, 0) is 0 Å². The second-order valence-electron chi connectivity index (χ2n) is 3.08. The van der Waals surface area contributed by atoms with E-state index < -0.39 is 0 Å². The molecule has 6 nitrogen and oxygen atoms in total. The maximum atomic E-state index is 5.80. The molecule has 0 aliphatic carbocycles. The van der Waals surface area contributed by atoms with Gasteiger partial charge < -0.3 is 5.32 Å². The molecule has 0 aromatic carbocycles. The smallest absolute Gasteiger partial charge is 0.241 e. The standard InChI is InChI=1S/C10H9ClN6/c1-2-3-4-13-9-14-8(11)15-10(16-9)17-6-5-12-7-17/h1,5-7H,3-4H2,(H,13,14,15,16). The van der Waals surface area contributed by atoms with Crippen molar-refractivity contribution >= 4 is 17.5 Å². The van der Waals surface area contributed by atoms with Gasteiger partial charge in [-0.05, 0) is 11.6 Å². The van der Waals surface area contributed by atoms with Gasteiger partial charge in [0.1, 0.15) is 6.33 Å². The van der Waals surface area contributed by atoms with Crippen molar-refractivity contribution in [3.8, 4) is 18.3 Å². The molecule has 0 spiro atoms. The quantitative estimate of drug-likeness (QED) is 0.649. The van der Waals surface area contributed by atoms with E-state index in [2.05, 4.69) is 31.2 Å². The number of nitrogens with one attached hydrogen (secondary N) is 1. The molecule has 0 unspecified atom stereocenters. The third-order valence-electron chi connectivity index (χ3n) is 1.88.